The standard InChI is InChI=1S/C17H15NO2S/c1-11-5-4-6-12(9-11)18-16(17(19)20)14-10-21-15-8-3-2-7-13(14)15/h2-10,16,18H,1H3,(H,19,20). The number of aryl methyl sites for hydroxylation is 1. The zero-order valence-electron chi connectivity index (χ0n) is 11.5. The summed E-state index contributed by atoms with van der Waals surface area (Å²) in [7, 11) is 0. The highest BCUT2D eigenvalue weighted by Crippen LogP contribution is 2.32. The Labute approximate surface area is 126 Å². The van der Waals surface area contributed by atoms with Gasteiger partial charge in [-0.2, -0.15) is 0 Å². The number of benzene rings is 2. The van der Waals surface area contributed by atoms with Crippen molar-refractivity contribution in [2.24, 2.45) is 0 Å². The van der Waals surface area contributed by atoms with Crippen LogP contribution in [0.3, 0.4) is 0 Å². The van der Waals surface area contributed by atoms with Gasteiger partial charge in [-0.25, -0.2) is 4.79 Å². The van der Waals surface area contributed by atoms with Crippen molar-refractivity contribution in [2.75, 3.05) is 5.32 Å². The summed E-state index contributed by atoms with van der Waals surface area (Å²) in [5, 5.41) is 15.6. The number of aliphatic carboxylic acids is 1. The molecule has 0 saturated carbocycles. The Kier molecular flexibility index (Phi) is 3.62. The quantitative estimate of drug-likeness (QED) is 0.748. The molecule has 0 aliphatic rings. The van der Waals surface area contributed by atoms with Crippen LogP contribution in [-0.4, -0.2) is 11.1 Å². The van der Waals surface area contributed by atoms with Crippen molar-refractivity contribution in [3.8, 4) is 0 Å². The van der Waals surface area contributed by atoms with Crippen LogP contribution in [0, 0.1) is 6.92 Å². The second-order valence-electron chi connectivity index (χ2n) is 4.97. The van der Waals surface area contributed by atoms with E-state index >= 15 is 0 Å². The zero-order valence-corrected chi connectivity index (χ0v) is 12.4. The first-order valence-electron chi connectivity index (χ1n) is 6.67. The van der Waals surface area contributed by atoms with E-state index in [4.69, 9.17) is 0 Å². The number of nitrogens with one attached hydrogen (secondary N) is 1. The molecule has 3 nitrogen and oxygen atoms in total. The predicted octanol–water partition coefficient (Wildman–Crippen LogP) is 4.45. The lowest BCUT2D eigenvalue weighted by Gasteiger charge is -2.16. The topological polar surface area (TPSA) is 49.3 Å². The van der Waals surface area contributed by atoms with E-state index in [0.717, 1.165) is 26.9 Å². The zero-order chi connectivity index (χ0) is 14.8. The Bertz CT molecular complexity index is 794. The van der Waals surface area contributed by atoms with Gasteiger partial charge in [-0.1, -0.05) is 30.3 Å². The molecule has 0 fully saturated rings. The van der Waals surface area contributed by atoms with Crippen LogP contribution in [0.2, 0.25) is 0 Å². The molecule has 1 heterocycles. The number of thiophene rings is 1. The smallest absolute Gasteiger partial charge is 0.330 e. The molecule has 0 bridgehead atoms. The number of carbonyl (C=O) groups is 1. The summed E-state index contributed by atoms with van der Waals surface area (Å²) < 4.78 is 1.10. The minimum absolute atomic E-state index is 0.747. The van der Waals surface area contributed by atoms with Crippen molar-refractivity contribution in [1.29, 1.82) is 0 Å². The van der Waals surface area contributed by atoms with Crippen molar-refractivity contribution in [2.45, 2.75) is 13.0 Å². The summed E-state index contributed by atoms with van der Waals surface area (Å²) in [5.74, 6) is -0.875. The third-order valence-corrected chi connectivity index (χ3v) is 4.38. The average molecular weight is 297 g/mol. The van der Waals surface area contributed by atoms with Gasteiger partial charge in [-0.3, -0.25) is 0 Å². The lowest BCUT2D eigenvalue weighted by atomic mass is 10.1. The molecule has 0 radical (unpaired) electrons. The van der Waals surface area contributed by atoms with Crippen LogP contribution in [-0.2, 0) is 4.79 Å². The molecule has 1 unspecified atom stereocenters. The normalized spacial score (nSPS) is 12.2. The van der Waals surface area contributed by atoms with E-state index in [1.54, 1.807) is 11.3 Å². The number of carboxylic acid groups (broad SMARTS) is 1. The van der Waals surface area contributed by atoms with Crippen LogP contribution in [0.4, 0.5) is 5.69 Å². The van der Waals surface area contributed by atoms with Crippen LogP contribution >= 0.6 is 11.3 Å². The number of anilines is 1. The van der Waals surface area contributed by atoms with Gasteiger partial charge in [0, 0.05) is 16.0 Å². The molecule has 106 valence electrons. The Balaban J connectivity index is 2.00. The van der Waals surface area contributed by atoms with Gasteiger partial charge in [0.15, 0.2) is 6.04 Å². The molecule has 4 heteroatoms. The van der Waals surface area contributed by atoms with Gasteiger partial charge in [0.2, 0.25) is 0 Å². The van der Waals surface area contributed by atoms with Gasteiger partial charge >= 0.3 is 5.97 Å². The molecular formula is C17H15NO2S. The molecule has 2 N–H and O–H groups in total. The summed E-state index contributed by atoms with van der Waals surface area (Å²) in [6.45, 7) is 1.99. The third-order valence-electron chi connectivity index (χ3n) is 3.40. The monoisotopic (exact) mass is 297 g/mol. The van der Waals surface area contributed by atoms with Gasteiger partial charge in [0.1, 0.15) is 0 Å². The van der Waals surface area contributed by atoms with Gasteiger partial charge in [0.05, 0.1) is 0 Å². The Morgan fingerprint density at radius 1 is 1.19 bits per heavy atom. The van der Waals surface area contributed by atoms with E-state index < -0.39 is 12.0 Å². The van der Waals surface area contributed by atoms with Gasteiger partial charge in [-0.15, -0.1) is 11.3 Å². The minimum atomic E-state index is -0.875. The van der Waals surface area contributed by atoms with E-state index in [1.165, 1.54) is 0 Å². The van der Waals surface area contributed by atoms with Crippen LogP contribution in [0.1, 0.15) is 17.2 Å². The highest BCUT2D eigenvalue weighted by molar-refractivity contribution is 7.17. The number of carboxylic acids is 1. The molecule has 0 spiro atoms. The summed E-state index contributed by atoms with van der Waals surface area (Å²) in [6.07, 6.45) is 0. The van der Waals surface area contributed by atoms with E-state index in [9.17, 15) is 9.90 Å². The molecule has 3 aromatic rings. The lowest BCUT2D eigenvalue weighted by Crippen LogP contribution is -2.20. The molecule has 21 heavy (non-hydrogen) atoms. The fourth-order valence-electron chi connectivity index (χ4n) is 2.40. The maximum absolute atomic E-state index is 11.7. The molecular weight excluding hydrogens is 282 g/mol. The van der Waals surface area contributed by atoms with Crippen LogP contribution in [0.15, 0.2) is 53.9 Å². The Hall–Kier alpha value is -2.33. The van der Waals surface area contributed by atoms with Crippen LogP contribution in [0.25, 0.3) is 10.1 Å². The fourth-order valence-corrected chi connectivity index (χ4v) is 3.38. The Morgan fingerprint density at radius 2 is 2.00 bits per heavy atom. The molecule has 2 aromatic carbocycles. The summed E-state index contributed by atoms with van der Waals surface area (Å²) >= 11 is 1.57. The Morgan fingerprint density at radius 3 is 2.76 bits per heavy atom. The molecule has 0 aliphatic carbocycles. The van der Waals surface area contributed by atoms with Gasteiger partial charge in [-0.05, 0) is 41.5 Å². The van der Waals surface area contributed by atoms with Gasteiger partial charge in [0.25, 0.3) is 0 Å². The second-order valence-corrected chi connectivity index (χ2v) is 5.88. The van der Waals surface area contributed by atoms with Crippen LogP contribution < -0.4 is 5.32 Å². The molecule has 1 aromatic heterocycles. The van der Waals surface area contributed by atoms with E-state index in [1.807, 2.05) is 60.8 Å². The third kappa shape index (κ3) is 2.76. The predicted molar refractivity (Wildman–Crippen MR) is 87.0 cm³/mol. The van der Waals surface area contributed by atoms with Gasteiger partial charge < -0.3 is 10.4 Å². The SMILES string of the molecule is Cc1cccc(NC(C(=O)O)c2csc3ccccc23)c1. The molecule has 0 aliphatic heterocycles. The fraction of sp³-hybridized carbons (Fsp3) is 0.118. The molecule has 0 saturated heterocycles. The molecule has 1 atom stereocenters. The number of fused-ring (bicyclic) bond motifs is 1. The van der Waals surface area contributed by atoms with E-state index in [0.29, 0.717) is 0 Å². The maximum atomic E-state index is 11.7. The van der Waals surface area contributed by atoms with Crippen molar-refractivity contribution in [3.05, 3.63) is 65.0 Å². The first kappa shape index (κ1) is 13.6. The number of rotatable bonds is 4. The largest absolute Gasteiger partial charge is 0.479 e. The second kappa shape index (κ2) is 5.58. The summed E-state index contributed by atoms with van der Waals surface area (Å²) in [5.41, 5.74) is 2.72. The highest BCUT2D eigenvalue weighted by atomic mass is 32.1. The number of hydrogen-bond acceptors (Lipinski definition) is 3. The van der Waals surface area contributed by atoms with Crippen LogP contribution in [0.5, 0.6) is 0 Å². The van der Waals surface area contributed by atoms with Crippen molar-refractivity contribution in [3.63, 3.8) is 0 Å². The van der Waals surface area contributed by atoms with E-state index in [2.05, 4.69) is 5.32 Å². The first-order valence-corrected chi connectivity index (χ1v) is 7.55. The molecule has 3 rings (SSSR count). The first-order chi connectivity index (χ1) is 10.1. The lowest BCUT2D eigenvalue weighted by molar-refractivity contribution is -0.138. The average Bonchev–Trinajstić information content (AvgIpc) is 2.88. The minimum Gasteiger partial charge on any atom is -0.479 e. The summed E-state index contributed by atoms with van der Waals surface area (Å²) in [4.78, 5) is 11.7. The van der Waals surface area contributed by atoms with Crippen molar-refractivity contribution in [1.82, 2.24) is 0 Å². The summed E-state index contributed by atoms with van der Waals surface area (Å²) in [6, 6.07) is 14.9. The maximum Gasteiger partial charge on any atom is 0.330 e. The highest BCUT2D eigenvalue weighted by Gasteiger charge is 2.22. The van der Waals surface area contributed by atoms with Crippen molar-refractivity contribution >= 4 is 33.1 Å². The van der Waals surface area contributed by atoms with E-state index in [-0.39, 0.29) is 0 Å². The molecule has 0 amide bonds. The van der Waals surface area contributed by atoms with Crippen molar-refractivity contribution < 1.29 is 9.90 Å². The number of hydrogen-bond donors (Lipinski definition) is 2.